The number of hydrogen-bond acceptors (Lipinski definition) is 3. The average molecular weight is 316 g/mol. The lowest BCUT2D eigenvalue weighted by Gasteiger charge is -2.13. The summed E-state index contributed by atoms with van der Waals surface area (Å²) in [7, 11) is 0. The molecule has 0 amide bonds. The monoisotopic (exact) mass is 315 g/mol. The highest BCUT2D eigenvalue weighted by Crippen LogP contribution is 2.41. The fourth-order valence-corrected chi connectivity index (χ4v) is 2.85. The normalized spacial score (nSPS) is 13.9. The SMILES string of the molecule is Cc1cc(Cl)cc(OCc2cc(=N)n(C=N)cc2C2CC2)c1. The number of halogens is 1. The lowest BCUT2D eigenvalue weighted by Crippen LogP contribution is -2.21. The van der Waals surface area contributed by atoms with Crippen LogP contribution in [0, 0.1) is 17.7 Å². The fourth-order valence-electron chi connectivity index (χ4n) is 2.57. The molecule has 0 bridgehead atoms. The molecule has 0 spiro atoms. The molecule has 1 aliphatic carbocycles. The largest absolute Gasteiger partial charge is 0.489 e. The van der Waals surface area contributed by atoms with Gasteiger partial charge in [-0.1, -0.05) is 11.6 Å². The van der Waals surface area contributed by atoms with Gasteiger partial charge in [0, 0.05) is 11.2 Å². The van der Waals surface area contributed by atoms with Gasteiger partial charge in [-0.05, 0) is 66.6 Å². The fraction of sp³-hybridized carbons (Fsp3) is 0.294. The summed E-state index contributed by atoms with van der Waals surface area (Å²) < 4.78 is 7.40. The van der Waals surface area contributed by atoms with Crippen LogP contribution in [0.4, 0.5) is 0 Å². The second kappa shape index (κ2) is 5.97. The maximum atomic E-state index is 7.96. The van der Waals surface area contributed by atoms with E-state index in [9.17, 15) is 0 Å². The molecule has 0 unspecified atom stereocenters. The van der Waals surface area contributed by atoms with Gasteiger partial charge < -0.3 is 4.74 Å². The molecule has 2 aromatic rings. The Morgan fingerprint density at radius 2 is 2.09 bits per heavy atom. The number of ether oxygens (including phenoxy) is 1. The number of pyridine rings is 1. The van der Waals surface area contributed by atoms with Gasteiger partial charge in [-0.2, -0.15) is 0 Å². The van der Waals surface area contributed by atoms with Crippen LogP contribution in [0.3, 0.4) is 0 Å². The van der Waals surface area contributed by atoms with Crippen LogP contribution in [0.5, 0.6) is 5.75 Å². The second-order valence-electron chi connectivity index (χ2n) is 5.70. The van der Waals surface area contributed by atoms with Gasteiger partial charge >= 0.3 is 0 Å². The molecule has 1 fully saturated rings. The standard InChI is InChI=1S/C17H18ClN3O/c1-11-4-14(18)7-15(5-11)22-9-13-6-17(20)21(10-19)8-16(13)12-2-3-12/h4-8,10,12,19-20H,2-3,9H2,1H3. The first-order valence-electron chi connectivity index (χ1n) is 7.27. The summed E-state index contributed by atoms with van der Waals surface area (Å²) in [4.78, 5) is 0. The molecule has 1 aliphatic rings. The van der Waals surface area contributed by atoms with Gasteiger partial charge in [-0.15, -0.1) is 0 Å². The topological polar surface area (TPSA) is 61.9 Å². The first-order chi connectivity index (χ1) is 10.6. The molecule has 114 valence electrons. The first-order valence-corrected chi connectivity index (χ1v) is 7.65. The molecule has 4 nitrogen and oxygen atoms in total. The number of hydrogen-bond donors (Lipinski definition) is 2. The highest BCUT2D eigenvalue weighted by Gasteiger charge is 2.26. The smallest absolute Gasteiger partial charge is 0.130 e. The lowest BCUT2D eigenvalue weighted by atomic mass is 10.1. The van der Waals surface area contributed by atoms with E-state index in [1.54, 1.807) is 12.1 Å². The van der Waals surface area contributed by atoms with Crippen molar-refractivity contribution in [3.8, 4) is 5.75 Å². The van der Waals surface area contributed by atoms with Crippen LogP contribution in [0.25, 0.3) is 0 Å². The van der Waals surface area contributed by atoms with Crippen molar-refractivity contribution in [2.24, 2.45) is 0 Å². The molecule has 1 saturated carbocycles. The van der Waals surface area contributed by atoms with Gasteiger partial charge in [0.1, 0.15) is 17.8 Å². The Labute approximate surface area is 134 Å². The molecule has 1 aromatic carbocycles. The summed E-state index contributed by atoms with van der Waals surface area (Å²) in [5, 5.41) is 16.0. The molecule has 2 N–H and O–H groups in total. The Morgan fingerprint density at radius 3 is 2.73 bits per heavy atom. The third kappa shape index (κ3) is 3.22. The minimum atomic E-state index is 0.292. The van der Waals surface area contributed by atoms with E-state index >= 15 is 0 Å². The van der Waals surface area contributed by atoms with Gasteiger partial charge in [-0.3, -0.25) is 15.4 Å². The number of nitrogens with one attached hydrogen (secondary N) is 2. The van der Waals surface area contributed by atoms with Crippen LogP contribution in [0.1, 0.15) is 35.4 Å². The molecular weight excluding hydrogens is 298 g/mol. The van der Waals surface area contributed by atoms with Crippen molar-refractivity contribution < 1.29 is 4.74 Å². The lowest BCUT2D eigenvalue weighted by molar-refractivity contribution is 0.304. The predicted octanol–water partition coefficient (Wildman–Crippen LogP) is 3.84. The minimum Gasteiger partial charge on any atom is -0.489 e. The van der Waals surface area contributed by atoms with Crippen LogP contribution in [-0.4, -0.2) is 10.9 Å². The van der Waals surface area contributed by atoms with E-state index in [1.165, 1.54) is 29.3 Å². The zero-order valence-corrected chi connectivity index (χ0v) is 13.2. The quantitative estimate of drug-likeness (QED) is 0.639. The van der Waals surface area contributed by atoms with Gasteiger partial charge in [0.05, 0.1) is 6.34 Å². The Kier molecular flexibility index (Phi) is 4.03. The Hall–Kier alpha value is -2.07. The number of nitrogens with zero attached hydrogens (tertiary/aromatic N) is 1. The highest BCUT2D eigenvalue weighted by atomic mass is 35.5. The van der Waals surface area contributed by atoms with Crippen LogP contribution in [0.15, 0.2) is 30.5 Å². The number of benzene rings is 1. The molecule has 22 heavy (non-hydrogen) atoms. The molecule has 0 saturated heterocycles. The summed E-state index contributed by atoms with van der Waals surface area (Å²) in [5.74, 6) is 1.27. The van der Waals surface area contributed by atoms with E-state index in [1.807, 2.05) is 25.3 Å². The van der Waals surface area contributed by atoms with Crippen molar-refractivity contribution in [1.29, 1.82) is 10.8 Å². The van der Waals surface area contributed by atoms with Crippen molar-refractivity contribution in [2.75, 3.05) is 0 Å². The van der Waals surface area contributed by atoms with Crippen molar-refractivity contribution in [1.82, 2.24) is 4.57 Å². The Morgan fingerprint density at radius 1 is 1.32 bits per heavy atom. The van der Waals surface area contributed by atoms with E-state index in [-0.39, 0.29) is 0 Å². The highest BCUT2D eigenvalue weighted by molar-refractivity contribution is 6.30. The van der Waals surface area contributed by atoms with E-state index in [2.05, 4.69) is 0 Å². The van der Waals surface area contributed by atoms with E-state index in [0.717, 1.165) is 16.9 Å². The third-order valence-electron chi connectivity index (χ3n) is 3.80. The molecule has 3 rings (SSSR count). The van der Waals surface area contributed by atoms with Crippen LogP contribution in [-0.2, 0) is 6.61 Å². The summed E-state index contributed by atoms with van der Waals surface area (Å²) >= 11 is 6.05. The van der Waals surface area contributed by atoms with Crippen LogP contribution in [0.2, 0.25) is 5.02 Å². The summed E-state index contributed by atoms with van der Waals surface area (Å²) in [6, 6.07) is 7.43. The molecule has 0 radical (unpaired) electrons. The van der Waals surface area contributed by atoms with Gasteiger partial charge in [0.2, 0.25) is 0 Å². The molecule has 1 aromatic heterocycles. The van der Waals surface area contributed by atoms with Crippen LogP contribution < -0.4 is 10.2 Å². The van der Waals surface area contributed by atoms with E-state index in [4.69, 9.17) is 27.2 Å². The van der Waals surface area contributed by atoms with Crippen molar-refractivity contribution in [2.45, 2.75) is 32.3 Å². The Balaban J connectivity index is 1.86. The second-order valence-corrected chi connectivity index (χ2v) is 6.14. The molecule has 0 aliphatic heterocycles. The zero-order valence-electron chi connectivity index (χ0n) is 12.4. The van der Waals surface area contributed by atoms with E-state index in [0.29, 0.717) is 23.0 Å². The summed E-state index contributed by atoms with van der Waals surface area (Å²) in [6.45, 7) is 2.39. The average Bonchev–Trinajstić information content (AvgIpc) is 3.28. The van der Waals surface area contributed by atoms with Crippen molar-refractivity contribution >= 4 is 17.9 Å². The van der Waals surface area contributed by atoms with E-state index < -0.39 is 0 Å². The molecule has 5 heteroatoms. The number of rotatable bonds is 5. The third-order valence-corrected chi connectivity index (χ3v) is 4.02. The zero-order chi connectivity index (χ0) is 15.7. The van der Waals surface area contributed by atoms with Crippen LogP contribution >= 0.6 is 11.6 Å². The van der Waals surface area contributed by atoms with Gasteiger partial charge in [0.25, 0.3) is 0 Å². The summed E-state index contributed by atoms with van der Waals surface area (Å²) in [6.07, 6.45) is 5.38. The van der Waals surface area contributed by atoms with Crippen molar-refractivity contribution in [3.63, 3.8) is 0 Å². The Bertz CT molecular complexity index is 758. The summed E-state index contributed by atoms with van der Waals surface area (Å²) in [5.41, 5.74) is 3.54. The molecule has 0 atom stereocenters. The maximum absolute atomic E-state index is 7.96. The van der Waals surface area contributed by atoms with Gasteiger partial charge in [-0.25, -0.2) is 0 Å². The maximum Gasteiger partial charge on any atom is 0.130 e. The minimum absolute atomic E-state index is 0.292. The number of aromatic nitrogens is 1. The predicted molar refractivity (Wildman–Crippen MR) is 87.0 cm³/mol. The van der Waals surface area contributed by atoms with Crippen molar-refractivity contribution in [3.05, 3.63) is 57.7 Å². The first kappa shape index (κ1) is 14.9. The number of aryl methyl sites for hydroxylation is 1. The molecular formula is C17H18ClN3O. The molecule has 1 heterocycles. The van der Waals surface area contributed by atoms with Gasteiger partial charge in [0.15, 0.2) is 0 Å².